The molecule has 0 aliphatic carbocycles. The van der Waals surface area contributed by atoms with Crippen LogP contribution in [-0.2, 0) is 17.5 Å². The average Bonchev–Trinajstić information content (AvgIpc) is 3.15. The minimum atomic E-state index is -4.78. The first-order valence-corrected chi connectivity index (χ1v) is 8.83. The van der Waals surface area contributed by atoms with E-state index in [1.54, 1.807) is 18.3 Å². The summed E-state index contributed by atoms with van der Waals surface area (Å²) in [6, 6.07) is 11.1. The van der Waals surface area contributed by atoms with Gasteiger partial charge in [0.25, 0.3) is 0 Å². The predicted octanol–water partition coefficient (Wildman–Crippen LogP) is 4.96. The average molecular weight is 436 g/mol. The van der Waals surface area contributed by atoms with E-state index in [0.717, 1.165) is 6.20 Å². The van der Waals surface area contributed by atoms with E-state index in [4.69, 9.17) is 4.74 Å². The molecule has 0 radical (unpaired) electrons. The van der Waals surface area contributed by atoms with Gasteiger partial charge in [-0.3, -0.25) is 9.38 Å². The molecule has 0 atom stereocenters. The summed E-state index contributed by atoms with van der Waals surface area (Å²) in [6.45, 7) is -0.537. The number of halogens is 5. The second-order valence-corrected chi connectivity index (χ2v) is 6.38. The molecule has 0 N–H and O–H groups in total. The molecule has 0 bridgehead atoms. The lowest BCUT2D eigenvalue weighted by atomic mass is 10.1. The van der Waals surface area contributed by atoms with Gasteiger partial charge < -0.3 is 9.47 Å². The van der Waals surface area contributed by atoms with Crippen LogP contribution in [-0.4, -0.2) is 25.9 Å². The molecule has 0 saturated heterocycles. The van der Waals surface area contributed by atoms with Gasteiger partial charge in [0, 0.05) is 18.6 Å². The van der Waals surface area contributed by atoms with Crippen molar-refractivity contribution in [3.8, 4) is 16.9 Å². The standard InChI is InChI=1S/C20H13F5N4O2/c21-19(22,15-2-1-9-26-10-15)30-12-18-28-27-17-8-5-14(11-29(17)18)13-3-6-16(7-4-13)31-20(23,24)25/h1-11H,12H2. The van der Waals surface area contributed by atoms with Crippen molar-refractivity contribution < 1.29 is 31.4 Å². The zero-order valence-corrected chi connectivity index (χ0v) is 15.6. The number of hydrogen-bond donors (Lipinski definition) is 0. The van der Waals surface area contributed by atoms with Gasteiger partial charge in [-0.2, -0.15) is 8.78 Å². The molecule has 6 nitrogen and oxygen atoms in total. The Morgan fingerprint density at radius 1 is 0.871 bits per heavy atom. The third-order valence-corrected chi connectivity index (χ3v) is 4.27. The van der Waals surface area contributed by atoms with Crippen LogP contribution in [0.15, 0.2) is 67.1 Å². The van der Waals surface area contributed by atoms with Crippen LogP contribution in [0.25, 0.3) is 16.8 Å². The largest absolute Gasteiger partial charge is 0.573 e. The maximum atomic E-state index is 14.2. The second kappa shape index (κ2) is 7.91. The maximum Gasteiger partial charge on any atom is 0.573 e. The van der Waals surface area contributed by atoms with Crippen LogP contribution >= 0.6 is 0 Å². The van der Waals surface area contributed by atoms with Crippen molar-refractivity contribution in [1.82, 2.24) is 19.6 Å². The van der Waals surface area contributed by atoms with Gasteiger partial charge in [0.15, 0.2) is 11.5 Å². The van der Waals surface area contributed by atoms with Crippen molar-refractivity contribution in [3.05, 3.63) is 78.5 Å². The summed E-state index contributed by atoms with van der Waals surface area (Å²) in [7, 11) is 0. The molecule has 0 aliphatic heterocycles. The van der Waals surface area contributed by atoms with Crippen LogP contribution < -0.4 is 4.74 Å². The van der Waals surface area contributed by atoms with E-state index >= 15 is 0 Å². The molecular formula is C20H13F5N4O2. The topological polar surface area (TPSA) is 61.5 Å². The Kier molecular flexibility index (Phi) is 5.27. The number of alkyl halides is 5. The van der Waals surface area contributed by atoms with E-state index in [0.29, 0.717) is 16.8 Å². The van der Waals surface area contributed by atoms with E-state index in [1.165, 1.54) is 47.0 Å². The van der Waals surface area contributed by atoms with Gasteiger partial charge in [-0.15, -0.1) is 23.4 Å². The van der Waals surface area contributed by atoms with Crippen molar-refractivity contribution in [3.63, 3.8) is 0 Å². The van der Waals surface area contributed by atoms with Crippen LogP contribution in [0.2, 0.25) is 0 Å². The van der Waals surface area contributed by atoms with E-state index in [-0.39, 0.29) is 11.6 Å². The number of benzene rings is 1. The summed E-state index contributed by atoms with van der Waals surface area (Å²) in [5.41, 5.74) is 1.18. The number of fused-ring (bicyclic) bond motifs is 1. The van der Waals surface area contributed by atoms with Gasteiger partial charge in [0.2, 0.25) is 0 Å². The fourth-order valence-corrected chi connectivity index (χ4v) is 2.83. The highest BCUT2D eigenvalue weighted by atomic mass is 19.4. The van der Waals surface area contributed by atoms with Crippen LogP contribution in [0.1, 0.15) is 11.4 Å². The van der Waals surface area contributed by atoms with Crippen molar-refractivity contribution in [2.45, 2.75) is 19.1 Å². The van der Waals surface area contributed by atoms with Crippen LogP contribution in [0.5, 0.6) is 5.75 Å². The third-order valence-electron chi connectivity index (χ3n) is 4.27. The quantitative estimate of drug-likeness (QED) is 0.400. The monoisotopic (exact) mass is 436 g/mol. The first kappa shape index (κ1) is 20.7. The first-order chi connectivity index (χ1) is 14.7. The van der Waals surface area contributed by atoms with E-state index < -0.39 is 24.6 Å². The summed E-state index contributed by atoms with van der Waals surface area (Å²) < 4.78 is 75.5. The predicted molar refractivity (Wildman–Crippen MR) is 98.0 cm³/mol. The zero-order chi connectivity index (χ0) is 22.1. The Balaban J connectivity index is 1.55. The highest BCUT2D eigenvalue weighted by Crippen LogP contribution is 2.30. The van der Waals surface area contributed by atoms with Crippen molar-refractivity contribution in [2.24, 2.45) is 0 Å². The van der Waals surface area contributed by atoms with Crippen LogP contribution in [0.4, 0.5) is 22.0 Å². The molecule has 0 unspecified atom stereocenters. The molecule has 11 heteroatoms. The Labute approximate surface area is 171 Å². The molecule has 0 amide bonds. The van der Waals surface area contributed by atoms with Gasteiger partial charge in [0.05, 0.1) is 5.56 Å². The van der Waals surface area contributed by atoms with Crippen LogP contribution in [0, 0.1) is 0 Å². The Hall–Kier alpha value is -3.60. The third kappa shape index (κ3) is 4.77. The minimum Gasteiger partial charge on any atom is -0.406 e. The van der Waals surface area contributed by atoms with Crippen molar-refractivity contribution in [1.29, 1.82) is 0 Å². The normalized spacial score (nSPS) is 12.3. The minimum absolute atomic E-state index is 0.123. The Morgan fingerprint density at radius 2 is 1.61 bits per heavy atom. The number of nitrogens with zero attached hydrogens (tertiary/aromatic N) is 4. The highest BCUT2D eigenvalue weighted by Gasteiger charge is 2.34. The van der Waals surface area contributed by atoms with Crippen LogP contribution in [0.3, 0.4) is 0 Å². The van der Waals surface area contributed by atoms with Gasteiger partial charge in [-0.1, -0.05) is 12.1 Å². The number of hydrogen-bond acceptors (Lipinski definition) is 5. The molecule has 0 saturated carbocycles. The maximum absolute atomic E-state index is 14.2. The molecule has 0 spiro atoms. The van der Waals surface area contributed by atoms with E-state index in [1.807, 2.05) is 0 Å². The van der Waals surface area contributed by atoms with Gasteiger partial charge >= 0.3 is 12.5 Å². The molecule has 31 heavy (non-hydrogen) atoms. The van der Waals surface area contributed by atoms with Crippen molar-refractivity contribution in [2.75, 3.05) is 0 Å². The SMILES string of the molecule is FC(F)(F)Oc1ccc(-c2ccc3nnc(COC(F)(F)c4cccnc4)n3c2)cc1. The second-order valence-electron chi connectivity index (χ2n) is 6.38. The molecule has 3 heterocycles. The molecule has 3 aromatic heterocycles. The number of aromatic nitrogens is 4. The Bertz CT molecular complexity index is 1180. The lowest BCUT2D eigenvalue weighted by Gasteiger charge is -2.16. The fourth-order valence-electron chi connectivity index (χ4n) is 2.83. The van der Waals surface area contributed by atoms with Crippen molar-refractivity contribution >= 4 is 5.65 Å². The van der Waals surface area contributed by atoms with Gasteiger partial charge in [-0.05, 0) is 47.5 Å². The summed E-state index contributed by atoms with van der Waals surface area (Å²) in [5.74, 6) is -0.231. The first-order valence-electron chi connectivity index (χ1n) is 8.83. The van der Waals surface area contributed by atoms with E-state index in [2.05, 4.69) is 19.9 Å². The zero-order valence-electron chi connectivity index (χ0n) is 15.6. The molecule has 0 fully saturated rings. The fraction of sp³-hybridized carbons (Fsp3) is 0.150. The van der Waals surface area contributed by atoms with Gasteiger partial charge in [-0.25, -0.2) is 0 Å². The summed E-state index contributed by atoms with van der Waals surface area (Å²) in [5, 5.41) is 7.79. The highest BCUT2D eigenvalue weighted by molar-refractivity contribution is 5.65. The molecule has 160 valence electrons. The molecular weight excluding hydrogens is 423 g/mol. The Morgan fingerprint density at radius 3 is 2.29 bits per heavy atom. The summed E-state index contributed by atoms with van der Waals surface area (Å²) in [4.78, 5) is 3.65. The van der Waals surface area contributed by atoms with Gasteiger partial charge in [0.1, 0.15) is 12.4 Å². The number of pyridine rings is 2. The lowest BCUT2D eigenvalue weighted by molar-refractivity contribution is -0.274. The van der Waals surface area contributed by atoms with E-state index in [9.17, 15) is 22.0 Å². The summed E-state index contributed by atoms with van der Waals surface area (Å²) in [6.07, 6.45) is -4.40. The smallest absolute Gasteiger partial charge is 0.406 e. The number of rotatable bonds is 6. The molecule has 0 aliphatic rings. The molecule has 4 aromatic rings. The molecule has 1 aromatic carbocycles. The molecule has 4 rings (SSSR count). The number of ether oxygens (including phenoxy) is 2. The summed E-state index contributed by atoms with van der Waals surface area (Å²) >= 11 is 0. The lowest BCUT2D eigenvalue weighted by Crippen LogP contribution is -2.19.